The van der Waals surface area contributed by atoms with Crippen molar-refractivity contribution in [2.24, 2.45) is 0 Å². The summed E-state index contributed by atoms with van der Waals surface area (Å²) in [6.45, 7) is 1.19. The highest BCUT2D eigenvalue weighted by atomic mass is 32.2. The summed E-state index contributed by atoms with van der Waals surface area (Å²) in [7, 11) is 0. The van der Waals surface area contributed by atoms with Gasteiger partial charge in [-0.25, -0.2) is 9.97 Å². The maximum Gasteiger partial charge on any atom is 0.251 e. The highest BCUT2D eigenvalue weighted by Crippen LogP contribution is 2.27. The second-order valence-corrected chi connectivity index (χ2v) is 9.53. The van der Waals surface area contributed by atoms with Crippen LogP contribution in [0.3, 0.4) is 0 Å². The lowest BCUT2D eigenvalue weighted by Crippen LogP contribution is -2.22. The molecule has 2 aromatic carbocycles. The van der Waals surface area contributed by atoms with Crippen LogP contribution in [0.5, 0.6) is 0 Å². The maximum absolute atomic E-state index is 12.5. The van der Waals surface area contributed by atoms with Gasteiger partial charge in [-0.2, -0.15) is 0 Å². The molecule has 0 atom stereocenters. The van der Waals surface area contributed by atoms with Gasteiger partial charge in [0.1, 0.15) is 5.52 Å². The molecule has 3 heterocycles. The first-order valence-corrected chi connectivity index (χ1v) is 12.5. The minimum absolute atomic E-state index is 0.0659. The number of benzene rings is 2. The number of fused-ring (bicyclic) bond motifs is 1. The minimum atomic E-state index is -0.0659. The van der Waals surface area contributed by atoms with Gasteiger partial charge in [0.25, 0.3) is 5.91 Å². The largest absolute Gasteiger partial charge is 0.347 e. The predicted octanol–water partition coefficient (Wildman–Crippen LogP) is 5.76. The number of aromatic nitrogens is 3. The van der Waals surface area contributed by atoms with Gasteiger partial charge in [-0.15, -0.1) is 11.3 Å². The number of carbonyl (C=O) groups is 1. The molecule has 164 valence electrons. The van der Waals surface area contributed by atoms with E-state index in [1.807, 2.05) is 60.0 Å². The van der Waals surface area contributed by atoms with Crippen LogP contribution in [0.15, 0.2) is 95.6 Å². The maximum atomic E-state index is 12.5. The summed E-state index contributed by atoms with van der Waals surface area (Å²) in [5.74, 6) is 0.775. The van der Waals surface area contributed by atoms with Crippen molar-refractivity contribution in [1.29, 1.82) is 0 Å². The summed E-state index contributed by atoms with van der Waals surface area (Å²) in [5.41, 5.74) is 4.76. The minimum Gasteiger partial charge on any atom is -0.347 e. The van der Waals surface area contributed by atoms with Crippen LogP contribution in [-0.4, -0.2) is 20.4 Å². The molecule has 0 saturated heterocycles. The molecule has 5 aromatic rings. The van der Waals surface area contributed by atoms with Crippen LogP contribution in [0.4, 0.5) is 0 Å². The van der Waals surface area contributed by atoms with Crippen molar-refractivity contribution in [2.45, 2.75) is 24.0 Å². The fraction of sp³-hybridized carbons (Fsp3) is 0.115. The first-order chi connectivity index (χ1) is 16.3. The lowest BCUT2D eigenvalue weighted by Gasteiger charge is -2.10. The fourth-order valence-electron chi connectivity index (χ4n) is 3.54. The summed E-state index contributed by atoms with van der Waals surface area (Å²) in [6.07, 6.45) is 1.80. The Balaban J connectivity index is 1.32. The van der Waals surface area contributed by atoms with E-state index < -0.39 is 0 Å². The third kappa shape index (κ3) is 5.16. The van der Waals surface area contributed by atoms with E-state index >= 15 is 0 Å². The number of nitrogens with zero attached hydrogens (tertiary/aromatic N) is 3. The Morgan fingerprint density at radius 2 is 1.79 bits per heavy atom. The summed E-state index contributed by atoms with van der Waals surface area (Å²) < 4.78 is 2.15. The Morgan fingerprint density at radius 1 is 0.939 bits per heavy atom. The van der Waals surface area contributed by atoms with Crippen LogP contribution in [-0.2, 0) is 18.8 Å². The van der Waals surface area contributed by atoms with Crippen LogP contribution in [0.25, 0.3) is 11.2 Å². The molecule has 0 fully saturated rings. The zero-order chi connectivity index (χ0) is 22.5. The Hall–Kier alpha value is -3.42. The number of pyridine rings is 1. The quantitative estimate of drug-likeness (QED) is 0.293. The van der Waals surface area contributed by atoms with E-state index in [0.717, 1.165) is 32.5 Å². The van der Waals surface area contributed by atoms with Gasteiger partial charge in [0.15, 0.2) is 10.8 Å². The van der Waals surface area contributed by atoms with Crippen LogP contribution in [0, 0.1) is 0 Å². The van der Waals surface area contributed by atoms with E-state index in [-0.39, 0.29) is 5.91 Å². The second-order valence-electron chi connectivity index (χ2n) is 7.56. The van der Waals surface area contributed by atoms with Crippen molar-refractivity contribution in [3.8, 4) is 0 Å². The lowest BCUT2D eigenvalue weighted by atomic mass is 10.1. The van der Waals surface area contributed by atoms with Crippen molar-refractivity contribution in [1.82, 2.24) is 19.9 Å². The van der Waals surface area contributed by atoms with Gasteiger partial charge in [-0.1, -0.05) is 60.3 Å². The zero-order valence-electron chi connectivity index (χ0n) is 17.8. The monoisotopic (exact) mass is 470 g/mol. The molecule has 0 saturated carbocycles. The molecular weight excluding hydrogens is 448 g/mol. The number of nitrogens with one attached hydrogen (secondary N) is 1. The molecule has 0 aliphatic carbocycles. The highest BCUT2D eigenvalue weighted by Gasteiger charge is 2.13. The molecule has 1 N–H and O–H groups in total. The third-order valence-corrected chi connectivity index (χ3v) is 7.16. The van der Waals surface area contributed by atoms with Gasteiger partial charge in [0.05, 0.1) is 13.1 Å². The van der Waals surface area contributed by atoms with E-state index in [4.69, 9.17) is 4.98 Å². The van der Waals surface area contributed by atoms with E-state index in [2.05, 4.69) is 39.1 Å². The Labute approximate surface area is 200 Å². The molecule has 0 radical (unpaired) electrons. The average molecular weight is 471 g/mol. The predicted molar refractivity (Wildman–Crippen MR) is 135 cm³/mol. The molecule has 33 heavy (non-hydrogen) atoms. The first kappa shape index (κ1) is 21.4. The Kier molecular flexibility index (Phi) is 6.51. The van der Waals surface area contributed by atoms with Crippen LogP contribution < -0.4 is 5.32 Å². The smallest absolute Gasteiger partial charge is 0.251 e. The van der Waals surface area contributed by atoms with Gasteiger partial charge in [0.2, 0.25) is 0 Å². The summed E-state index contributed by atoms with van der Waals surface area (Å²) in [4.78, 5) is 23.0. The fourth-order valence-corrected chi connectivity index (χ4v) is 5.14. The molecule has 7 heteroatoms. The molecule has 3 aromatic heterocycles. The topological polar surface area (TPSA) is 59.8 Å². The summed E-state index contributed by atoms with van der Waals surface area (Å²) in [5, 5.41) is 5.92. The molecule has 0 bridgehead atoms. The van der Waals surface area contributed by atoms with Gasteiger partial charge in [0, 0.05) is 22.4 Å². The van der Waals surface area contributed by atoms with Crippen molar-refractivity contribution in [3.05, 3.63) is 112 Å². The number of carbonyl (C=O) groups excluding carboxylic acids is 1. The third-order valence-electron chi connectivity index (χ3n) is 5.24. The Bertz CT molecular complexity index is 1350. The molecule has 0 aliphatic heterocycles. The molecule has 5 nitrogen and oxygen atoms in total. The van der Waals surface area contributed by atoms with Gasteiger partial charge < -0.3 is 5.32 Å². The lowest BCUT2D eigenvalue weighted by molar-refractivity contribution is 0.0951. The highest BCUT2D eigenvalue weighted by molar-refractivity contribution is 7.98. The number of hydrogen-bond acceptors (Lipinski definition) is 5. The molecule has 0 spiro atoms. The first-order valence-electron chi connectivity index (χ1n) is 10.6. The van der Waals surface area contributed by atoms with E-state index in [0.29, 0.717) is 18.7 Å². The van der Waals surface area contributed by atoms with Crippen LogP contribution >= 0.6 is 23.1 Å². The van der Waals surface area contributed by atoms with Crippen molar-refractivity contribution < 1.29 is 4.79 Å². The van der Waals surface area contributed by atoms with Crippen molar-refractivity contribution >= 4 is 40.2 Å². The molecule has 0 aliphatic rings. The number of thiophene rings is 1. The number of thioether (sulfide) groups is 1. The van der Waals surface area contributed by atoms with Crippen molar-refractivity contribution in [3.63, 3.8) is 0 Å². The Morgan fingerprint density at radius 3 is 2.58 bits per heavy atom. The van der Waals surface area contributed by atoms with Gasteiger partial charge >= 0.3 is 0 Å². The summed E-state index contributed by atoms with van der Waals surface area (Å²) in [6, 6.07) is 26.1. The SMILES string of the molecule is O=C(NCc1cccs1)c1ccc(Cn2c(SCc3ccccc3)nc3cccnc32)cc1. The molecule has 0 unspecified atom stereocenters. The van der Waals surface area contributed by atoms with E-state index in [9.17, 15) is 4.79 Å². The second kappa shape index (κ2) is 10.0. The normalized spacial score (nSPS) is 11.0. The number of rotatable bonds is 8. The summed E-state index contributed by atoms with van der Waals surface area (Å²) >= 11 is 3.35. The van der Waals surface area contributed by atoms with Crippen LogP contribution in [0.1, 0.15) is 26.4 Å². The molecular formula is C26H22N4OS2. The molecule has 1 amide bonds. The number of imidazole rings is 1. The van der Waals surface area contributed by atoms with Gasteiger partial charge in [-0.3, -0.25) is 9.36 Å². The van der Waals surface area contributed by atoms with E-state index in [1.54, 1.807) is 29.3 Å². The van der Waals surface area contributed by atoms with Gasteiger partial charge in [-0.05, 0) is 46.8 Å². The number of amides is 1. The molecule has 5 rings (SSSR count). The van der Waals surface area contributed by atoms with Crippen LogP contribution in [0.2, 0.25) is 0 Å². The van der Waals surface area contributed by atoms with Crippen molar-refractivity contribution in [2.75, 3.05) is 0 Å². The van der Waals surface area contributed by atoms with E-state index in [1.165, 1.54) is 5.56 Å². The number of hydrogen-bond donors (Lipinski definition) is 1. The standard InChI is InChI=1S/C26H22N4OS2/c31-25(28-16-22-8-5-15-32-22)21-12-10-19(11-13-21)17-30-24-23(9-4-14-27-24)29-26(30)33-18-20-6-2-1-3-7-20/h1-15H,16-18H2,(H,28,31). The zero-order valence-corrected chi connectivity index (χ0v) is 19.5. The average Bonchev–Trinajstić information content (AvgIpc) is 3.51.